The molecule has 0 saturated carbocycles. The van der Waals surface area contributed by atoms with Crippen molar-refractivity contribution >= 4 is 45.9 Å². The fourth-order valence-electron chi connectivity index (χ4n) is 4.18. The molecule has 1 aliphatic heterocycles. The lowest BCUT2D eigenvalue weighted by molar-refractivity contribution is -0.154. The van der Waals surface area contributed by atoms with Gasteiger partial charge in [-0.2, -0.15) is 5.10 Å². The third-order valence-electron chi connectivity index (χ3n) is 5.93. The van der Waals surface area contributed by atoms with Gasteiger partial charge in [-0.3, -0.25) is 24.5 Å². The first-order chi connectivity index (χ1) is 16.1. The second-order valence-corrected chi connectivity index (χ2v) is 10.00. The molecule has 0 bridgehead atoms. The molecule has 2 atom stereocenters. The molecule has 2 aromatic heterocycles. The Labute approximate surface area is 202 Å². The summed E-state index contributed by atoms with van der Waals surface area (Å²) in [6, 6.07) is 6.34. The van der Waals surface area contributed by atoms with Crippen LogP contribution >= 0.6 is 11.6 Å². The van der Waals surface area contributed by atoms with Gasteiger partial charge in [0.15, 0.2) is 0 Å². The molecule has 2 N–H and O–H groups in total. The zero-order valence-corrected chi connectivity index (χ0v) is 20.3. The Balaban J connectivity index is 1.64. The highest BCUT2D eigenvalue weighted by molar-refractivity contribution is 6.40. The topological polar surface area (TPSA) is 111 Å². The van der Waals surface area contributed by atoms with E-state index in [1.165, 1.54) is 11.1 Å². The molecule has 0 unspecified atom stereocenters. The number of carbonyl (C=O) groups excluding carboxylic acids is 3. The maximum atomic E-state index is 13.4. The van der Waals surface area contributed by atoms with E-state index in [0.29, 0.717) is 21.6 Å². The molecular weight excluding hydrogens is 456 g/mol. The van der Waals surface area contributed by atoms with Crippen LogP contribution in [0.2, 0.25) is 5.02 Å². The van der Waals surface area contributed by atoms with Crippen LogP contribution in [-0.2, 0) is 14.4 Å². The SMILES string of the molecule is C[C@@H]1CN(C(=O)C(=O)Nc2cncc3cn[nH]c23)[C@@H](c2cccc(Cl)c2)CN1C(=O)C(C)(C)C. The number of hydrogen-bond acceptors (Lipinski definition) is 5. The van der Waals surface area contributed by atoms with Crippen molar-refractivity contribution in [1.82, 2.24) is 25.0 Å². The number of hydrogen-bond donors (Lipinski definition) is 2. The average molecular weight is 483 g/mol. The van der Waals surface area contributed by atoms with E-state index in [4.69, 9.17) is 11.6 Å². The van der Waals surface area contributed by atoms with Crippen LogP contribution in [0.5, 0.6) is 0 Å². The summed E-state index contributed by atoms with van der Waals surface area (Å²) in [5, 5.41) is 10.6. The molecule has 178 valence electrons. The van der Waals surface area contributed by atoms with E-state index in [9.17, 15) is 14.4 Å². The number of aromatic amines is 1. The van der Waals surface area contributed by atoms with E-state index < -0.39 is 23.3 Å². The number of anilines is 1. The monoisotopic (exact) mass is 482 g/mol. The fourth-order valence-corrected chi connectivity index (χ4v) is 4.38. The normalized spacial score (nSPS) is 18.7. The molecule has 10 heteroatoms. The predicted octanol–water partition coefficient (Wildman–Crippen LogP) is 3.40. The number of pyridine rings is 1. The quantitative estimate of drug-likeness (QED) is 0.544. The van der Waals surface area contributed by atoms with Crippen LogP contribution in [0.1, 0.15) is 39.3 Å². The van der Waals surface area contributed by atoms with Crippen LogP contribution in [0.15, 0.2) is 42.9 Å². The molecule has 4 rings (SSSR count). The van der Waals surface area contributed by atoms with Crippen molar-refractivity contribution in [1.29, 1.82) is 0 Å². The summed E-state index contributed by atoms with van der Waals surface area (Å²) >= 11 is 6.23. The maximum Gasteiger partial charge on any atom is 0.314 e. The number of H-pyrrole nitrogens is 1. The standard InChI is InChI=1S/C24H27ClN6O3/c1-14-12-31(22(33)21(32)28-18-11-26-9-16-10-27-29-20(16)18)19(15-6-5-7-17(25)8-15)13-30(14)23(34)24(2,3)4/h5-11,14,19H,12-13H2,1-4H3,(H,27,29)(H,28,32)/t14-,19-/m1/s1. The molecule has 34 heavy (non-hydrogen) atoms. The molecule has 1 saturated heterocycles. The molecule has 1 aromatic carbocycles. The van der Waals surface area contributed by atoms with Gasteiger partial charge in [0.1, 0.15) is 0 Å². The van der Waals surface area contributed by atoms with Gasteiger partial charge in [0, 0.05) is 41.2 Å². The van der Waals surface area contributed by atoms with E-state index in [1.54, 1.807) is 35.5 Å². The van der Waals surface area contributed by atoms with Gasteiger partial charge < -0.3 is 15.1 Å². The van der Waals surface area contributed by atoms with Gasteiger partial charge in [-0.25, -0.2) is 0 Å². The highest BCUT2D eigenvalue weighted by Gasteiger charge is 2.41. The van der Waals surface area contributed by atoms with Crippen molar-refractivity contribution in [2.45, 2.75) is 39.8 Å². The number of nitrogens with zero attached hydrogens (tertiary/aromatic N) is 4. The van der Waals surface area contributed by atoms with Crippen molar-refractivity contribution in [3.8, 4) is 0 Å². The van der Waals surface area contributed by atoms with E-state index in [2.05, 4.69) is 20.5 Å². The number of nitrogens with one attached hydrogen (secondary N) is 2. The molecule has 0 aliphatic carbocycles. The van der Waals surface area contributed by atoms with Crippen LogP contribution in [0.3, 0.4) is 0 Å². The van der Waals surface area contributed by atoms with Crippen molar-refractivity contribution < 1.29 is 14.4 Å². The molecule has 3 aromatic rings. The van der Waals surface area contributed by atoms with E-state index in [-0.39, 0.29) is 25.0 Å². The third kappa shape index (κ3) is 4.61. The Kier molecular flexibility index (Phi) is 6.31. The van der Waals surface area contributed by atoms with Crippen molar-refractivity contribution in [3.63, 3.8) is 0 Å². The predicted molar refractivity (Wildman–Crippen MR) is 129 cm³/mol. The number of halogens is 1. The summed E-state index contributed by atoms with van der Waals surface area (Å²) in [7, 11) is 0. The number of piperazine rings is 1. The number of carbonyl (C=O) groups is 3. The van der Waals surface area contributed by atoms with Crippen molar-refractivity contribution in [2.75, 3.05) is 18.4 Å². The summed E-state index contributed by atoms with van der Waals surface area (Å²) in [5.41, 5.74) is 1.12. The smallest absolute Gasteiger partial charge is 0.314 e. The molecule has 3 heterocycles. The van der Waals surface area contributed by atoms with E-state index in [1.807, 2.05) is 33.8 Å². The first kappa shape index (κ1) is 23.7. The second kappa shape index (κ2) is 9.06. The van der Waals surface area contributed by atoms with Crippen molar-refractivity contribution in [3.05, 3.63) is 53.4 Å². The maximum absolute atomic E-state index is 13.4. The summed E-state index contributed by atoms with van der Waals surface area (Å²) in [4.78, 5) is 46.9. The Morgan fingerprint density at radius 2 is 1.88 bits per heavy atom. The van der Waals surface area contributed by atoms with Crippen LogP contribution < -0.4 is 5.32 Å². The van der Waals surface area contributed by atoms with Gasteiger partial charge in [0.25, 0.3) is 0 Å². The Bertz CT molecular complexity index is 1250. The molecule has 0 spiro atoms. The number of amides is 3. The van der Waals surface area contributed by atoms with Crippen molar-refractivity contribution in [2.24, 2.45) is 5.41 Å². The lowest BCUT2D eigenvalue weighted by Gasteiger charge is -2.46. The Morgan fingerprint density at radius 1 is 1.12 bits per heavy atom. The lowest BCUT2D eigenvalue weighted by atomic mass is 9.91. The highest BCUT2D eigenvalue weighted by atomic mass is 35.5. The Morgan fingerprint density at radius 3 is 2.59 bits per heavy atom. The van der Waals surface area contributed by atoms with Gasteiger partial charge in [0.05, 0.1) is 29.6 Å². The first-order valence-electron chi connectivity index (χ1n) is 11.0. The highest BCUT2D eigenvalue weighted by Crippen LogP contribution is 2.32. The van der Waals surface area contributed by atoms with Gasteiger partial charge in [-0.15, -0.1) is 0 Å². The minimum atomic E-state index is -0.793. The van der Waals surface area contributed by atoms with Gasteiger partial charge in [0.2, 0.25) is 5.91 Å². The molecule has 1 aliphatic rings. The zero-order valence-electron chi connectivity index (χ0n) is 19.5. The van der Waals surface area contributed by atoms with Gasteiger partial charge in [-0.1, -0.05) is 44.5 Å². The molecular formula is C24H27ClN6O3. The number of aromatic nitrogens is 3. The largest absolute Gasteiger partial charge is 0.335 e. The fraction of sp³-hybridized carbons (Fsp3) is 0.375. The molecule has 1 fully saturated rings. The number of rotatable bonds is 2. The Hall–Kier alpha value is -3.46. The third-order valence-corrected chi connectivity index (χ3v) is 6.17. The van der Waals surface area contributed by atoms with Crippen LogP contribution in [0.25, 0.3) is 10.9 Å². The molecule has 0 radical (unpaired) electrons. The second-order valence-electron chi connectivity index (χ2n) is 9.56. The summed E-state index contributed by atoms with van der Waals surface area (Å²) in [6.07, 6.45) is 4.66. The van der Waals surface area contributed by atoms with Gasteiger partial charge >= 0.3 is 11.8 Å². The van der Waals surface area contributed by atoms with Gasteiger partial charge in [-0.05, 0) is 24.6 Å². The zero-order chi connectivity index (χ0) is 24.6. The minimum Gasteiger partial charge on any atom is -0.335 e. The van der Waals surface area contributed by atoms with E-state index in [0.717, 1.165) is 5.56 Å². The summed E-state index contributed by atoms with van der Waals surface area (Å²) in [5.74, 6) is -1.50. The van der Waals surface area contributed by atoms with Crippen LogP contribution in [0, 0.1) is 5.41 Å². The van der Waals surface area contributed by atoms with Crippen LogP contribution in [-0.4, -0.2) is 61.8 Å². The molecule has 9 nitrogen and oxygen atoms in total. The number of fused-ring (bicyclic) bond motifs is 1. The minimum absolute atomic E-state index is 0.0134. The average Bonchev–Trinajstić information content (AvgIpc) is 3.27. The lowest BCUT2D eigenvalue weighted by Crippen LogP contribution is -2.60. The first-order valence-corrected chi connectivity index (χ1v) is 11.4. The summed E-state index contributed by atoms with van der Waals surface area (Å²) in [6.45, 7) is 7.94. The summed E-state index contributed by atoms with van der Waals surface area (Å²) < 4.78 is 0. The van der Waals surface area contributed by atoms with Crippen LogP contribution in [0.4, 0.5) is 5.69 Å². The molecule has 3 amide bonds. The number of benzene rings is 1. The van der Waals surface area contributed by atoms with E-state index >= 15 is 0 Å².